The van der Waals surface area contributed by atoms with Gasteiger partial charge in [0.15, 0.2) is 0 Å². The summed E-state index contributed by atoms with van der Waals surface area (Å²) in [6, 6.07) is 15.2. The van der Waals surface area contributed by atoms with E-state index < -0.39 is 0 Å². The summed E-state index contributed by atoms with van der Waals surface area (Å²) in [5.41, 5.74) is 3.63. The van der Waals surface area contributed by atoms with Gasteiger partial charge >= 0.3 is 0 Å². The van der Waals surface area contributed by atoms with Crippen molar-refractivity contribution < 1.29 is 4.74 Å². The van der Waals surface area contributed by atoms with E-state index in [4.69, 9.17) is 4.74 Å². The van der Waals surface area contributed by atoms with Crippen molar-refractivity contribution in [3.63, 3.8) is 0 Å². The summed E-state index contributed by atoms with van der Waals surface area (Å²) in [5, 5.41) is 3.42. The van der Waals surface area contributed by atoms with Crippen molar-refractivity contribution >= 4 is 15.9 Å². The quantitative estimate of drug-likeness (QED) is 0.807. The highest BCUT2D eigenvalue weighted by molar-refractivity contribution is 9.10. The van der Waals surface area contributed by atoms with E-state index in [2.05, 4.69) is 72.3 Å². The first kappa shape index (κ1) is 16.1. The molecule has 0 heterocycles. The van der Waals surface area contributed by atoms with Crippen LogP contribution in [0, 0.1) is 6.92 Å². The minimum atomic E-state index is 0.507. The fraction of sp³-hybridized carbons (Fsp3) is 0.333. The number of aryl methyl sites for hydroxylation is 1. The molecule has 0 bridgehead atoms. The van der Waals surface area contributed by atoms with E-state index in [1.165, 1.54) is 11.1 Å². The van der Waals surface area contributed by atoms with Gasteiger partial charge in [0, 0.05) is 17.1 Å². The molecule has 0 saturated heterocycles. The van der Waals surface area contributed by atoms with Crippen molar-refractivity contribution in [2.24, 2.45) is 0 Å². The molecule has 3 heteroatoms. The van der Waals surface area contributed by atoms with Crippen LogP contribution in [0.5, 0.6) is 5.75 Å². The van der Waals surface area contributed by atoms with Crippen LogP contribution in [-0.2, 0) is 13.2 Å². The molecule has 112 valence electrons. The number of rotatable bonds is 6. The van der Waals surface area contributed by atoms with Crippen molar-refractivity contribution in [1.29, 1.82) is 0 Å². The van der Waals surface area contributed by atoms with Gasteiger partial charge in [0.25, 0.3) is 0 Å². The maximum absolute atomic E-state index is 5.90. The lowest BCUT2D eigenvalue weighted by molar-refractivity contribution is 0.304. The number of hydrogen-bond acceptors (Lipinski definition) is 2. The lowest BCUT2D eigenvalue weighted by Gasteiger charge is -2.11. The van der Waals surface area contributed by atoms with Crippen LogP contribution in [0.15, 0.2) is 46.9 Å². The number of nitrogens with one attached hydrogen (secondary N) is 1. The van der Waals surface area contributed by atoms with Crippen molar-refractivity contribution in [3.05, 3.63) is 63.6 Å². The summed E-state index contributed by atoms with van der Waals surface area (Å²) in [6.07, 6.45) is 0. The number of hydrogen-bond donors (Lipinski definition) is 1. The summed E-state index contributed by atoms with van der Waals surface area (Å²) >= 11 is 3.47. The molecule has 0 unspecified atom stereocenters. The van der Waals surface area contributed by atoms with Gasteiger partial charge in [0.05, 0.1) is 0 Å². The summed E-state index contributed by atoms with van der Waals surface area (Å²) in [5.74, 6) is 0.926. The van der Waals surface area contributed by atoms with Crippen LogP contribution in [0.4, 0.5) is 0 Å². The highest BCUT2D eigenvalue weighted by Gasteiger charge is 2.02. The largest absolute Gasteiger partial charge is 0.489 e. The molecule has 0 amide bonds. The van der Waals surface area contributed by atoms with Gasteiger partial charge in [-0.05, 0) is 35.7 Å². The minimum absolute atomic E-state index is 0.507. The van der Waals surface area contributed by atoms with Crippen molar-refractivity contribution in [3.8, 4) is 5.75 Å². The predicted octanol–water partition coefficient (Wildman–Crippen LogP) is 4.83. The first-order valence-corrected chi connectivity index (χ1v) is 8.04. The van der Waals surface area contributed by atoms with E-state index >= 15 is 0 Å². The van der Waals surface area contributed by atoms with Crippen molar-refractivity contribution in [2.45, 2.75) is 40.0 Å². The third-order valence-corrected chi connectivity index (χ3v) is 3.78. The zero-order valence-corrected chi connectivity index (χ0v) is 14.4. The standard InChI is InChI=1S/C18H22BrNO/c1-13(2)20-11-15-5-7-16(8-6-15)12-21-18-10-17(19)9-4-14(18)3/h4-10,13,20H,11-12H2,1-3H3. The predicted molar refractivity (Wildman–Crippen MR) is 91.6 cm³/mol. The van der Waals surface area contributed by atoms with Crippen molar-refractivity contribution in [1.82, 2.24) is 5.32 Å². The Kier molecular flexibility index (Phi) is 5.83. The maximum Gasteiger partial charge on any atom is 0.123 e. The number of benzene rings is 2. The van der Waals surface area contributed by atoms with Gasteiger partial charge < -0.3 is 10.1 Å². The molecule has 2 rings (SSSR count). The third kappa shape index (κ3) is 5.18. The lowest BCUT2D eigenvalue weighted by Crippen LogP contribution is -2.21. The van der Waals surface area contributed by atoms with Crippen LogP contribution < -0.4 is 10.1 Å². The average Bonchev–Trinajstić information content (AvgIpc) is 2.47. The van der Waals surface area contributed by atoms with Gasteiger partial charge in [0.1, 0.15) is 12.4 Å². The van der Waals surface area contributed by atoms with Gasteiger partial charge in [-0.15, -0.1) is 0 Å². The molecule has 0 saturated carbocycles. The molecule has 0 atom stereocenters. The molecule has 0 aliphatic heterocycles. The molecule has 2 aromatic rings. The second-order valence-electron chi connectivity index (χ2n) is 5.55. The maximum atomic E-state index is 5.90. The third-order valence-electron chi connectivity index (χ3n) is 3.28. The van der Waals surface area contributed by atoms with E-state index in [0.29, 0.717) is 12.6 Å². The molecule has 21 heavy (non-hydrogen) atoms. The van der Waals surface area contributed by atoms with Crippen LogP contribution in [0.3, 0.4) is 0 Å². The Morgan fingerprint density at radius 2 is 1.71 bits per heavy atom. The second kappa shape index (κ2) is 7.62. The molecule has 0 fully saturated rings. The minimum Gasteiger partial charge on any atom is -0.489 e. The van der Waals surface area contributed by atoms with Crippen LogP contribution in [0.2, 0.25) is 0 Å². The monoisotopic (exact) mass is 347 g/mol. The topological polar surface area (TPSA) is 21.3 Å². The molecule has 0 aliphatic rings. The molecular weight excluding hydrogens is 326 g/mol. The summed E-state index contributed by atoms with van der Waals surface area (Å²) < 4.78 is 6.94. The lowest BCUT2D eigenvalue weighted by atomic mass is 10.1. The Morgan fingerprint density at radius 1 is 1.05 bits per heavy atom. The highest BCUT2D eigenvalue weighted by atomic mass is 79.9. The summed E-state index contributed by atoms with van der Waals surface area (Å²) in [6.45, 7) is 7.87. The summed E-state index contributed by atoms with van der Waals surface area (Å²) in [7, 11) is 0. The summed E-state index contributed by atoms with van der Waals surface area (Å²) in [4.78, 5) is 0. The molecule has 0 aromatic heterocycles. The van der Waals surface area contributed by atoms with E-state index in [9.17, 15) is 0 Å². The zero-order valence-electron chi connectivity index (χ0n) is 12.8. The van der Waals surface area contributed by atoms with Crippen LogP contribution in [0.1, 0.15) is 30.5 Å². The first-order chi connectivity index (χ1) is 10.0. The van der Waals surface area contributed by atoms with Gasteiger partial charge in [-0.1, -0.05) is 60.1 Å². The molecular formula is C18H22BrNO. The number of halogens is 1. The second-order valence-corrected chi connectivity index (χ2v) is 6.47. The fourth-order valence-corrected chi connectivity index (χ4v) is 2.31. The molecule has 1 N–H and O–H groups in total. The van der Waals surface area contributed by atoms with Crippen LogP contribution in [0.25, 0.3) is 0 Å². The van der Waals surface area contributed by atoms with E-state index in [0.717, 1.165) is 22.3 Å². The van der Waals surface area contributed by atoms with Crippen molar-refractivity contribution in [2.75, 3.05) is 0 Å². The van der Waals surface area contributed by atoms with E-state index in [-0.39, 0.29) is 0 Å². The molecule has 2 aromatic carbocycles. The van der Waals surface area contributed by atoms with Gasteiger partial charge in [-0.25, -0.2) is 0 Å². The van der Waals surface area contributed by atoms with Crippen LogP contribution >= 0.6 is 15.9 Å². The zero-order chi connectivity index (χ0) is 15.2. The molecule has 0 radical (unpaired) electrons. The molecule has 2 nitrogen and oxygen atoms in total. The smallest absolute Gasteiger partial charge is 0.123 e. The normalized spacial score (nSPS) is 10.9. The highest BCUT2D eigenvalue weighted by Crippen LogP contribution is 2.23. The SMILES string of the molecule is Cc1ccc(Br)cc1OCc1ccc(CNC(C)C)cc1. The fourth-order valence-electron chi connectivity index (χ4n) is 1.97. The van der Waals surface area contributed by atoms with Gasteiger partial charge in [0.2, 0.25) is 0 Å². The molecule has 0 spiro atoms. The Bertz CT molecular complexity index is 578. The van der Waals surface area contributed by atoms with E-state index in [1.807, 2.05) is 12.1 Å². The molecule has 0 aliphatic carbocycles. The number of ether oxygens (including phenoxy) is 1. The van der Waals surface area contributed by atoms with E-state index in [1.54, 1.807) is 0 Å². The average molecular weight is 348 g/mol. The van der Waals surface area contributed by atoms with Crippen LogP contribution in [-0.4, -0.2) is 6.04 Å². The Hall–Kier alpha value is -1.32. The Balaban J connectivity index is 1.93. The Labute approximate surface area is 135 Å². The first-order valence-electron chi connectivity index (χ1n) is 7.25. The van der Waals surface area contributed by atoms with Gasteiger partial charge in [-0.3, -0.25) is 0 Å². The Morgan fingerprint density at radius 3 is 2.38 bits per heavy atom. The van der Waals surface area contributed by atoms with Gasteiger partial charge in [-0.2, -0.15) is 0 Å².